The van der Waals surface area contributed by atoms with Crippen molar-refractivity contribution in [3.63, 3.8) is 0 Å². The summed E-state index contributed by atoms with van der Waals surface area (Å²) < 4.78 is 14.3. The molecule has 2 aliphatic heterocycles. The molecule has 0 bridgehead atoms. The maximum absolute atomic E-state index is 7.24. The Morgan fingerprint density at radius 1 is 0.289 bits per heavy atom. The number of benzene rings is 11. The van der Waals surface area contributed by atoms with Gasteiger partial charge in [-0.2, -0.15) is 0 Å². The second-order valence-corrected chi connectivity index (χ2v) is 23.9. The predicted molar refractivity (Wildman–Crippen MR) is 339 cm³/mol. The van der Waals surface area contributed by atoms with E-state index in [4.69, 9.17) is 9.47 Å². The van der Waals surface area contributed by atoms with E-state index in [1.165, 1.54) is 131 Å². The van der Waals surface area contributed by atoms with Crippen LogP contribution in [-0.2, 0) is 10.8 Å². The van der Waals surface area contributed by atoms with E-state index in [9.17, 15) is 0 Å². The summed E-state index contributed by atoms with van der Waals surface area (Å²) in [6.45, 7) is 0. The Morgan fingerprint density at radius 2 is 0.723 bits per heavy atom. The van der Waals surface area contributed by atoms with Crippen LogP contribution in [0.15, 0.2) is 261 Å². The van der Waals surface area contributed by atoms with Crippen molar-refractivity contribution < 1.29 is 9.47 Å². The number of hydrogen-bond acceptors (Lipinski definition) is 3. The minimum absolute atomic E-state index is 0.524. The standard InChI is InChI=1S/C80H65NO2/c1-6-22-54(23-7-1)57-38-40-58(41-39-57)65-32-17-20-36-74(65)81(64-45-49-78-73(53-64)79(61-28-12-4-13-29-61,62-30-14-5-15-31-62)69-35-19-21-37-75(69)82-78)63-44-46-67-66-33-16-18-34-68(66)80(70(67)52-63)71-50-59(55-24-8-2-9-25-55)42-47-76(71)83-77-48-43-60(51-72(77)80)56-26-10-3-11-27-56/h1,4-7,12-23,28-53,55-56H,2-3,8-11,24-27H2. The summed E-state index contributed by atoms with van der Waals surface area (Å²) in [6.07, 6.45) is 12.6. The van der Waals surface area contributed by atoms with Gasteiger partial charge in [-0.15, -0.1) is 0 Å². The van der Waals surface area contributed by atoms with Crippen molar-refractivity contribution in [1.82, 2.24) is 0 Å². The maximum Gasteiger partial charge on any atom is 0.132 e. The molecule has 16 rings (SSSR count). The van der Waals surface area contributed by atoms with Crippen LogP contribution in [0.3, 0.4) is 0 Å². The first kappa shape index (κ1) is 49.6. The number of para-hydroxylation sites is 2. The van der Waals surface area contributed by atoms with Crippen molar-refractivity contribution in [2.75, 3.05) is 4.90 Å². The van der Waals surface area contributed by atoms with Crippen LogP contribution in [-0.4, -0.2) is 0 Å². The van der Waals surface area contributed by atoms with Crippen molar-refractivity contribution in [1.29, 1.82) is 0 Å². The molecule has 3 aliphatic carbocycles. The molecule has 83 heavy (non-hydrogen) atoms. The highest BCUT2D eigenvalue weighted by atomic mass is 16.5. The van der Waals surface area contributed by atoms with E-state index in [1.807, 2.05) is 0 Å². The van der Waals surface area contributed by atoms with E-state index in [-0.39, 0.29) is 0 Å². The van der Waals surface area contributed by atoms with Crippen LogP contribution in [0.25, 0.3) is 33.4 Å². The Kier molecular flexibility index (Phi) is 12.2. The SMILES string of the molecule is c1ccc(-c2ccc(-c3ccccc3N(c3ccc4c(c3)C(c3ccccc3)(c3ccccc3)c3ccccc3O4)c3ccc4c(c3)C3(c5cc(C6CCCCC6)ccc5Oc5ccc(C6CCCCC6)cc53)c3ccccc3-4)cc2)cc1. The third kappa shape index (κ3) is 7.99. The van der Waals surface area contributed by atoms with Crippen molar-refractivity contribution in [2.45, 2.75) is 86.9 Å². The molecule has 0 unspecified atom stereocenters. The fourth-order valence-electron chi connectivity index (χ4n) is 15.6. The summed E-state index contributed by atoms with van der Waals surface area (Å²) in [4.78, 5) is 2.54. The van der Waals surface area contributed by atoms with Crippen LogP contribution >= 0.6 is 0 Å². The topological polar surface area (TPSA) is 21.7 Å². The lowest BCUT2D eigenvalue weighted by Crippen LogP contribution is -2.34. The van der Waals surface area contributed by atoms with E-state index >= 15 is 0 Å². The van der Waals surface area contributed by atoms with Gasteiger partial charge in [-0.3, -0.25) is 0 Å². The first-order valence-electron chi connectivity index (χ1n) is 30.4. The zero-order valence-electron chi connectivity index (χ0n) is 46.8. The molecule has 2 heterocycles. The number of ether oxygens (including phenoxy) is 2. The number of anilines is 3. The van der Waals surface area contributed by atoms with Gasteiger partial charge in [0.1, 0.15) is 23.0 Å². The third-order valence-electron chi connectivity index (χ3n) is 19.5. The molecule has 3 heteroatoms. The molecule has 5 aliphatic rings. The summed E-state index contributed by atoms with van der Waals surface area (Å²) in [5.41, 5.74) is 21.6. The largest absolute Gasteiger partial charge is 0.457 e. The van der Waals surface area contributed by atoms with Crippen LogP contribution in [0, 0.1) is 0 Å². The van der Waals surface area contributed by atoms with Gasteiger partial charge in [0, 0.05) is 39.2 Å². The molecule has 0 aromatic heterocycles. The van der Waals surface area contributed by atoms with Gasteiger partial charge in [0.2, 0.25) is 0 Å². The monoisotopic (exact) mass is 1070 g/mol. The molecule has 0 atom stereocenters. The van der Waals surface area contributed by atoms with Crippen LogP contribution in [0.2, 0.25) is 0 Å². The van der Waals surface area contributed by atoms with Crippen molar-refractivity contribution in [3.8, 4) is 56.4 Å². The second-order valence-electron chi connectivity index (χ2n) is 23.9. The molecule has 2 saturated carbocycles. The Hall–Kier alpha value is -9.18. The van der Waals surface area contributed by atoms with E-state index in [0.717, 1.165) is 62.3 Å². The van der Waals surface area contributed by atoms with Crippen molar-refractivity contribution in [3.05, 3.63) is 316 Å². The van der Waals surface area contributed by atoms with Gasteiger partial charge in [-0.25, -0.2) is 0 Å². The highest BCUT2D eigenvalue weighted by Crippen LogP contribution is 2.64. The lowest BCUT2D eigenvalue weighted by molar-refractivity contribution is 0.424. The number of rotatable bonds is 9. The average molecular weight is 1070 g/mol. The first-order chi connectivity index (χ1) is 41.1. The van der Waals surface area contributed by atoms with Gasteiger partial charge in [-0.1, -0.05) is 245 Å². The lowest BCUT2D eigenvalue weighted by atomic mass is 9.63. The highest BCUT2D eigenvalue weighted by Gasteiger charge is 2.52. The van der Waals surface area contributed by atoms with Gasteiger partial charge in [-0.05, 0) is 153 Å². The van der Waals surface area contributed by atoms with Crippen LogP contribution < -0.4 is 14.4 Å². The Morgan fingerprint density at radius 3 is 1.34 bits per heavy atom. The summed E-state index contributed by atoms with van der Waals surface area (Å²) in [5.74, 6) is 4.65. The maximum atomic E-state index is 7.24. The Bertz CT molecular complexity index is 4120. The molecule has 2 fully saturated rings. The second kappa shape index (κ2) is 20.4. The molecular formula is C80H65NO2. The zero-order chi connectivity index (χ0) is 54.9. The molecular weight excluding hydrogens is 1010 g/mol. The fourth-order valence-corrected chi connectivity index (χ4v) is 15.6. The first-order valence-corrected chi connectivity index (χ1v) is 30.4. The lowest BCUT2D eigenvalue weighted by Gasteiger charge is -2.42. The van der Waals surface area contributed by atoms with Crippen molar-refractivity contribution in [2.24, 2.45) is 0 Å². The van der Waals surface area contributed by atoms with E-state index in [1.54, 1.807) is 0 Å². The quantitative estimate of drug-likeness (QED) is 0.144. The molecule has 0 saturated heterocycles. The molecule has 11 aromatic carbocycles. The van der Waals surface area contributed by atoms with Crippen LogP contribution in [0.5, 0.6) is 23.0 Å². The smallest absolute Gasteiger partial charge is 0.132 e. The Balaban J connectivity index is 0.967. The summed E-state index contributed by atoms with van der Waals surface area (Å²) in [7, 11) is 0. The van der Waals surface area contributed by atoms with Gasteiger partial charge in [0.15, 0.2) is 0 Å². The molecule has 11 aromatic rings. The zero-order valence-corrected chi connectivity index (χ0v) is 46.8. The molecule has 1 spiro atoms. The minimum Gasteiger partial charge on any atom is -0.457 e. The molecule has 402 valence electrons. The minimum atomic E-state index is -0.716. The van der Waals surface area contributed by atoms with E-state index in [0.29, 0.717) is 11.8 Å². The van der Waals surface area contributed by atoms with Crippen LogP contribution in [0.4, 0.5) is 17.1 Å². The summed E-state index contributed by atoms with van der Waals surface area (Å²) in [5, 5.41) is 0. The Labute approximate surface area is 488 Å². The van der Waals surface area contributed by atoms with E-state index < -0.39 is 10.8 Å². The van der Waals surface area contributed by atoms with Crippen molar-refractivity contribution >= 4 is 17.1 Å². The van der Waals surface area contributed by atoms with E-state index in [2.05, 4.69) is 266 Å². The highest BCUT2D eigenvalue weighted by molar-refractivity contribution is 5.94. The molecule has 0 N–H and O–H groups in total. The number of nitrogens with zero attached hydrogens (tertiary/aromatic N) is 1. The van der Waals surface area contributed by atoms with Gasteiger partial charge in [0.25, 0.3) is 0 Å². The fraction of sp³-hybridized carbons (Fsp3) is 0.175. The normalized spacial score (nSPS) is 16.2. The summed E-state index contributed by atoms with van der Waals surface area (Å²) in [6, 6.07) is 97.8. The third-order valence-corrected chi connectivity index (χ3v) is 19.5. The summed E-state index contributed by atoms with van der Waals surface area (Å²) >= 11 is 0. The molecule has 0 radical (unpaired) electrons. The molecule has 3 nitrogen and oxygen atoms in total. The van der Waals surface area contributed by atoms with Crippen LogP contribution in [0.1, 0.15) is 132 Å². The van der Waals surface area contributed by atoms with Gasteiger partial charge in [0.05, 0.1) is 16.5 Å². The van der Waals surface area contributed by atoms with Gasteiger partial charge >= 0.3 is 0 Å². The number of hydrogen-bond donors (Lipinski definition) is 0. The predicted octanol–water partition coefficient (Wildman–Crippen LogP) is 21.5. The average Bonchev–Trinajstić information content (AvgIpc) is 1.80. The molecule has 0 amide bonds. The van der Waals surface area contributed by atoms with Gasteiger partial charge < -0.3 is 14.4 Å². The number of fused-ring (bicyclic) bond motifs is 11.